The van der Waals surface area contributed by atoms with Gasteiger partial charge in [0.05, 0.1) is 27.8 Å². The standard InChI is InChI=1S/C25H26N4O8S2/c1-19-3-8-22(9-4-19)38(32,33)36-15-13-27(14-16-37-39(34,35)23-10-5-20(2)6-11-23)21-7-12-24-25(17-21)28(30)18-26-29(24)31/h3-12,17-18H,13-16H2,1-2H3. The van der Waals surface area contributed by atoms with Crippen LogP contribution in [0.2, 0.25) is 0 Å². The number of rotatable bonds is 11. The minimum atomic E-state index is -4.05. The van der Waals surface area contributed by atoms with E-state index < -0.39 is 20.2 Å². The van der Waals surface area contributed by atoms with Crippen molar-refractivity contribution >= 4 is 37.0 Å². The molecule has 0 saturated heterocycles. The van der Waals surface area contributed by atoms with Gasteiger partial charge in [-0.25, -0.2) is 4.73 Å². The van der Waals surface area contributed by atoms with E-state index in [9.17, 15) is 27.3 Å². The van der Waals surface area contributed by atoms with Crippen molar-refractivity contribution in [1.29, 1.82) is 0 Å². The third-order valence-electron chi connectivity index (χ3n) is 5.85. The van der Waals surface area contributed by atoms with Gasteiger partial charge in [0, 0.05) is 30.9 Å². The first-order valence-corrected chi connectivity index (χ1v) is 14.6. The highest BCUT2D eigenvalue weighted by Crippen LogP contribution is 2.20. The normalized spacial score (nSPS) is 12.1. The number of hydrogen-bond acceptors (Lipinski definition) is 10. The number of hydrogen-bond donors (Lipinski definition) is 0. The summed E-state index contributed by atoms with van der Waals surface area (Å²) in [5.41, 5.74) is 2.23. The van der Waals surface area contributed by atoms with Crippen molar-refractivity contribution < 1.29 is 34.8 Å². The van der Waals surface area contributed by atoms with Crippen LogP contribution in [0.25, 0.3) is 11.0 Å². The van der Waals surface area contributed by atoms with E-state index in [4.69, 9.17) is 8.37 Å². The number of benzene rings is 3. The zero-order valence-corrected chi connectivity index (χ0v) is 22.8. The first-order valence-electron chi connectivity index (χ1n) is 11.8. The molecule has 4 rings (SSSR count). The van der Waals surface area contributed by atoms with Gasteiger partial charge < -0.3 is 15.3 Å². The van der Waals surface area contributed by atoms with Crippen molar-refractivity contribution in [3.63, 3.8) is 0 Å². The molecule has 0 atom stereocenters. The number of anilines is 1. The fraction of sp³-hybridized carbons (Fsp3) is 0.240. The molecule has 1 aromatic heterocycles. The molecule has 0 bridgehead atoms. The lowest BCUT2D eigenvalue weighted by Gasteiger charge is -2.24. The second-order valence-electron chi connectivity index (χ2n) is 8.67. The smallest absolute Gasteiger partial charge is 0.365 e. The molecular formula is C25H26N4O8S2. The van der Waals surface area contributed by atoms with E-state index in [0.29, 0.717) is 15.3 Å². The highest BCUT2D eigenvalue weighted by atomic mass is 32.2. The molecule has 3 aromatic carbocycles. The molecule has 39 heavy (non-hydrogen) atoms. The second kappa shape index (κ2) is 11.5. The van der Waals surface area contributed by atoms with Crippen molar-refractivity contribution in [3.8, 4) is 0 Å². The van der Waals surface area contributed by atoms with Crippen LogP contribution in [0.3, 0.4) is 0 Å². The fourth-order valence-electron chi connectivity index (χ4n) is 3.70. The lowest BCUT2D eigenvalue weighted by molar-refractivity contribution is -0.680. The van der Waals surface area contributed by atoms with Crippen molar-refractivity contribution in [2.75, 3.05) is 31.2 Å². The van der Waals surface area contributed by atoms with Crippen molar-refractivity contribution in [2.45, 2.75) is 23.6 Å². The van der Waals surface area contributed by atoms with Crippen LogP contribution in [-0.2, 0) is 28.6 Å². The second-order valence-corrected chi connectivity index (χ2v) is 11.9. The molecule has 0 saturated carbocycles. The summed E-state index contributed by atoms with van der Waals surface area (Å²) in [6.45, 7) is 3.08. The van der Waals surface area contributed by atoms with Gasteiger partial charge in [0.15, 0.2) is 0 Å². The van der Waals surface area contributed by atoms with E-state index in [1.807, 2.05) is 13.8 Å². The molecule has 0 radical (unpaired) electrons. The summed E-state index contributed by atoms with van der Waals surface area (Å²) in [6.07, 6.45) is 0.817. The van der Waals surface area contributed by atoms with Gasteiger partial charge in [-0.2, -0.15) is 16.8 Å². The van der Waals surface area contributed by atoms with E-state index in [1.54, 1.807) is 29.2 Å². The number of fused-ring (bicyclic) bond motifs is 1. The molecule has 0 aliphatic rings. The molecule has 0 aliphatic carbocycles. The van der Waals surface area contributed by atoms with E-state index >= 15 is 0 Å². The summed E-state index contributed by atoms with van der Waals surface area (Å²) in [4.78, 5) is 1.88. The van der Waals surface area contributed by atoms with E-state index in [1.165, 1.54) is 42.5 Å². The summed E-state index contributed by atoms with van der Waals surface area (Å²) < 4.78 is 61.3. The lowest BCUT2D eigenvalue weighted by Crippen LogP contribution is -2.41. The Bertz CT molecular complexity index is 1600. The van der Waals surface area contributed by atoms with Crippen LogP contribution in [-0.4, -0.2) is 48.2 Å². The van der Waals surface area contributed by atoms with Crippen LogP contribution < -0.4 is 14.5 Å². The minimum absolute atomic E-state index is 0.00206. The molecule has 0 unspecified atom stereocenters. The van der Waals surface area contributed by atoms with Crippen LogP contribution in [0.4, 0.5) is 5.69 Å². The van der Waals surface area contributed by atoms with Crippen molar-refractivity contribution in [1.82, 2.24) is 5.10 Å². The van der Waals surface area contributed by atoms with Crippen LogP contribution in [0.15, 0.2) is 82.8 Å². The van der Waals surface area contributed by atoms with Crippen LogP contribution >= 0.6 is 0 Å². The zero-order valence-electron chi connectivity index (χ0n) is 21.1. The van der Waals surface area contributed by atoms with Gasteiger partial charge in [0.1, 0.15) is 0 Å². The van der Waals surface area contributed by atoms with Gasteiger partial charge in [-0.15, -0.1) is 0 Å². The lowest BCUT2D eigenvalue weighted by atomic mass is 10.2. The Hall–Kier alpha value is -3.85. The summed E-state index contributed by atoms with van der Waals surface area (Å²) in [6, 6.07) is 16.7. The molecule has 0 N–H and O–H groups in total. The summed E-state index contributed by atoms with van der Waals surface area (Å²) in [5, 5.41) is 27.6. The molecule has 1 heterocycles. The van der Waals surface area contributed by atoms with Gasteiger partial charge in [-0.05, 0) is 44.2 Å². The highest BCUT2D eigenvalue weighted by Gasteiger charge is 2.20. The highest BCUT2D eigenvalue weighted by molar-refractivity contribution is 7.87. The minimum Gasteiger partial charge on any atom is -0.710 e. The van der Waals surface area contributed by atoms with Crippen molar-refractivity contribution in [2.24, 2.45) is 0 Å². The third kappa shape index (κ3) is 6.78. The van der Waals surface area contributed by atoms with E-state index in [-0.39, 0.29) is 47.1 Å². The number of aryl methyl sites for hydroxylation is 2. The Balaban J connectivity index is 1.53. The Morgan fingerprint density at radius 3 is 1.72 bits per heavy atom. The van der Waals surface area contributed by atoms with Gasteiger partial charge in [0.25, 0.3) is 20.2 Å². The maximum atomic E-state index is 12.6. The molecular weight excluding hydrogens is 548 g/mol. The first kappa shape index (κ1) is 28.2. The Labute approximate surface area is 226 Å². The van der Waals surface area contributed by atoms with Gasteiger partial charge >= 0.3 is 11.8 Å². The van der Waals surface area contributed by atoms with Gasteiger partial charge in [-0.3, -0.25) is 8.37 Å². The maximum Gasteiger partial charge on any atom is 0.365 e. The van der Waals surface area contributed by atoms with Gasteiger partial charge in [-0.1, -0.05) is 35.4 Å². The monoisotopic (exact) mass is 574 g/mol. The number of aromatic nitrogens is 3. The maximum absolute atomic E-state index is 12.6. The molecule has 206 valence electrons. The Morgan fingerprint density at radius 2 is 1.23 bits per heavy atom. The van der Waals surface area contributed by atoms with E-state index in [2.05, 4.69) is 5.10 Å². The topological polar surface area (TPSA) is 157 Å². The summed E-state index contributed by atoms with van der Waals surface area (Å²) in [7, 11) is -8.09. The molecule has 0 spiro atoms. The van der Waals surface area contributed by atoms with Gasteiger partial charge in [0.2, 0.25) is 10.6 Å². The molecule has 14 heteroatoms. The quantitative estimate of drug-likeness (QED) is 0.147. The SMILES string of the molecule is Cc1ccc(S(=O)(=O)OCCN(CCOS(=O)(=O)c2ccc(C)cc2)c2ccc3c(c2)[n+]([O-])cn[n+]3[O-])cc1. The molecule has 12 nitrogen and oxygen atoms in total. The average molecular weight is 575 g/mol. The van der Waals surface area contributed by atoms with E-state index in [0.717, 1.165) is 17.5 Å². The first-order chi connectivity index (χ1) is 18.5. The summed E-state index contributed by atoms with van der Waals surface area (Å²) in [5.74, 6) is 0. The predicted octanol–water partition coefficient (Wildman–Crippen LogP) is 1.74. The molecule has 0 amide bonds. The summed E-state index contributed by atoms with van der Waals surface area (Å²) >= 11 is 0. The van der Waals surface area contributed by atoms with Crippen LogP contribution in [0, 0.1) is 24.3 Å². The Kier molecular flexibility index (Phi) is 8.30. The fourth-order valence-corrected chi connectivity index (χ4v) is 5.49. The Morgan fingerprint density at radius 1 is 0.744 bits per heavy atom. The molecule has 0 fully saturated rings. The largest absolute Gasteiger partial charge is 0.710 e. The third-order valence-corrected chi connectivity index (χ3v) is 8.50. The van der Waals surface area contributed by atoms with Crippen LogP contribution in [0.1, 0.15) is 11.1 Å². The number of nitrogens with zero attached hydrogens (tertiary/aromatic N) is 4. The van der Waals surface area contributed by atoms with Crippen molar-refractivity contribution in [3.05, 3.63) is 94.6 Å². The average Bonchev–Trinajstić information content (AvgIpc) is 2.90. The zero-order chi connectivity index (χ0) is 28.2. The predicted molar refractivity (Wildman–Crippen MR) is 141 cm³/mol. The molecule has 4 aromatic rings. The van der Waals surface area contributed by atoms with Crippen LogP contribution in [0.5, 0.6) is 0 Å². The molecule has 0 aliphatic heterocycles.